The Kier molecular flexibility index (Phi) is 5.77. The molecule has 0 spiro atoms. The summed E-state index contributed by atoms with van der Waals surface area (Å²) < 4.78 is 11.6. The molecule has 1 aromatic rings. The first kappa shape index (κ1) is 16.1. The second-order valence-electron chi connectivity index (χ2n) is 6.15. The molecule has 2 aliphatic rings. The molecule has 0 aromatic heterocycles. The largest absolute Gasteiger partial charge is 0.457 e. The molecule has 5 nitrogen and oxygen atoms in total. The van der Waals surface area contributed by atoms with Crippen molar-refractivity contribution < 1.29 is 9.47 Å². The van der Waals surface area contributed by atoms with E-state index in [-0.39, 0.29) is 6.29 Å². The van der Waals surface area contributed by atoms with Gasteiger partial charge in [-0.3, -0.25) is 4.90 Å². The molecular weight excluding hydrogens is 290 g/mol. The minimum Gasteiger partial charge on any atom is -0.457 e. The third kappa shape index (κ3) is 4.62. The summed E-state index contributed by atoms with van der Waals surface area (Å²) in [6.45, 7) is 6.09. The lowest BCUT2D eigenvalue weighted by molar-refractivity contribution is -0.0522. The average molecular weight is 317 g/mol. The van der Waals surface area contributed by atoms with E-state index in [4.69, 9.17) is 15.2 Å². The smallest absolute Gasteiger partial charge is 0.246 e. The summed E-state index contributed by atoms with van der Waals surface area (Å²) in [6, 6.07) is 10.3. The van der Waals surface area contributed by atoms with Gasteiger partial charge in [0.15, 0.2) is 0 Å². The van der Waals surface area contributed by atoms with E-state index in [2.05, 4.69) is 21.9 Å². The average Bonchev–Trinajstić information content (AvgIpc) is 3.05. The zero-order valence-electron chi connectivity index (χ0n) is 13.7. The number of benzene rings is 1. The van der Waals surface area contributed by atoms with Crippen molar-refractivity contribution in [1.29, 1.82) is 0 Å². The first-order chi connectivity index (χ1) is 11.3. The van der Waals surface area contributed by atoms with Gasteiger partial charge >= 0.3 is 0 Å². The van der Waals surface area contributed by atoms with Crippen molar-refractivity contribution in [1.82, 2.24) is 9.80 Å². The molecule has 2 aliphatic heterocycles. The molecule has 2 heterocycles. The number of nitrogens with zero attached hydrogens (tertiary/aromatic N) is 2. The standard InChI is InChI=1S/C18H27N3O2/c19-8-4-5-9-20-10-12-21(13-11-20)17-15-22-18(23-17)14-16-6-2-1-3-7-16/h1-3,6-7,15,18H,4-5,8-14,19H2. The first-order valence-electron chi connectivity index (χ1n) is 8.59. The van der Waals surface area contributed by atoms with E-state index in [1.807, 2.05) is 18.2 Å². The fraction of sp³-hybridized carbons (Fsp3) is 0.556. The van der Waals surface area contributed by atoms with Crippen molar-refractivity contribution in [3.8, 4) is 0 Å². The van der Waals surface area contributed by atoms with E-state index in [1.165, 1.54) is 12.0 Å². The van der Waals surface area contributed by atoms with E-state index in [0.29, 0.717) is 0 Å². The molecule has 1 fully saturated rings. The molecule has 0 saturated carbocycles. The molecule has 3 rings (SSSR count). The number of hydrogen-bond donors (Lipinski definition) is 1. The van der Waals surface area contributed by atoms with Crippen LogP contribution in [0.5, 0.6) is 0 Å². The van der Waals surface area contributed by atoms with E-state index >= 15 is 0 Å². The van der Waals surface area contributed by atoms with Gasteiger partial charge in [0.25, 0.3) is 0 Å². The maximum atomic E-state index is 5.97. The summed E-state index contributed by atoms with van der Waals surface area (Å²) in [5, 5.41) is 0. The summed E-state index contributed by atoms with van der Waals surface area (Å²) in [5.74, 6) is 0.882. The van der Waals surface area contributed by atoms with Gasteiger partial charge in [0.05, 0.1) is 0 Å². The van der Waals surface area contributed by atoms with E-state index in [1.54, 1.807) is 6.26 Å². The number of nitrogens with two attached hydrogens (primary N) is 1. The van der Waals surface area contributed by atoms with Crippen molar-refractivity contribution in [2.24, 2.45) is 5.73 Å². The zero-order valence-corrected chi connectivity index (χ0v) is 13.7. The lowest BCUT2D eigenvalue weighted by atomic mass is 10.1. The van der Waals surface area contributed by atoms with Crippen LogP contribution in [0.3, 0.4) is 0 Å². The Labute approximate surface area is 138 Å². The monoisotopic (exact) mass is 317 g/mol. The van der Waals surface area contributed by atoms with Crippen LogP contribution in [0.1, 0.15) is 18.4 Å². The third-order valence-electron chi connectivity index (χ3n) is 4.43. The number of rotatable bonds is 7. The highest BCUT2D eigenvalue weighted by Gasteiger charge is 2.26. The van der Waals surface area contributed by atoms with Gasteiger partial charge < -0.3 is 20.1 Å². The topological polar surface area (TPSA) is 51.0 Å². The van der Waals surface area contributed by atoms with Gasteiger partial charge in [-0.2, -0.15) is 0 Å². The van der Waals surface area contributed by atoms with Crippen LogP contribution in [-0.4, -0.2) is 55.4 Å². The molecule has 126 valence electrons. The first-order valence-corrected chi connectivity index (χ1v) is 8.59. The highest BCUT2D eigenvalue weighted by molar-refractivity contribution is 5.15. The molecule has 0 radical (unpaired) electrons. The molecule has 1 aromatic carbocycles. The molecule has 0 bridgehead atoms. The third-order valence-corrected chi connectivity index (χ3v) is 4.43. The Morgan fingerprint density at radius 2 is 1.83 bits per heavy atom. The van der Waals surface area contributed by atoms with Gasteiger partial charge in [0.2, 0.25) is 12.2 Å². The van der Waals surface area contributed by atoms with E-state index in [0.717, 1.165) is 58.0 Å². The van der Waals surface area contributed by atoms with Crippen LogP contribution in [0.15, 0.2) is 42.5 Å². The number of hydrogen-bond acceptors (Lipinski definition) is 5. The van der Waals surface area contributed by atoms with Crippen molar-refractivity contribution in [3.05, 3.63) is 48.0 Å². The summed E-state index contributed by atoms with van der Waals surface area (Å²) in [4.78, 5) is 4.79. The van der Waals surface area contributed by atoms with Crippen LogP contribution < -0.4 is 5.73 Å². The van der Waals surface area contributed by atoms with Gasteiger partial charge in [0.1, 0.15) is 6.26 Å². The van der Waals surface area contributed by atoms with Crippen molar-refractivity contribution >= 4 is 0 Å². The Morgan fingerprint density at radius 3 is 2.57 bits per heavy atom. The van der Waals surface area contributed by atoms with Gasteiger partial charge in [0, 0.05) is 32.6 Å². The lowest BCUT2D eigenvalue weighted by Gasteiger charge is -2.35. The quantitative estimate of drug-likeness (QED) is 0.777. The molecule has 0 aliphatic carbocycles. The minimum atomic E-state index is -0.199. The summed E-state index contributed by atoms with van der Waals surface area (Å²) in [6.07, 6.45) is 4.66. The number of piperazine rings is 1. The van der Waals surface area contributed by atoms with Crippen molar-refractivity contribution in [2.45, 2.75) is 25.6 Å². The van der Waals surface area contributed by atoms with Crippen LogP contribution in [-0.2, 0) is 15.9 Å². The fourth-order valence-corrected chi connectivity index (χ4v) is 3.04. The van der Waals surface area contributed by atoms with Crippen LogP contribution in [0, 0.1) is 0 Å². The predicted octanol–water partition coefficient (Wildman–Crippen LogP) is 1.76. The van der Waals surface area contributed by atoms with Crippen molar-refractivity contribution in [2.75, 3.05) is 39.3 Å². The molecule has 1 unspecified atom stereocenters. The SMILES string of the molecule is NCCCCN1CCN(C2=COC(Cc3ccccc3)O2)CC1. The van der Waals surface area contributed by atoms with Gasteiger partial charge in [-0.05, 0) is 31.5 Å². The van der Waals surface area contributed by atoms with Gasteiger partial charge in [-0.25, -0.2) is 0 Å². The lowest BCUT2D eigenvalue weighted by Crippen LogP contribution is -2.46. The molecule has 23 heavy (non-hydrogen) atoms. The van der Waals surface area contributed by atoms with Crippen molar-refractivity contribution in [3.63, 3.8) is 0 Å². The number of ether oxygens (including phenoxy) is 2. The Morgan fingerprint density at radius 1 is 1.04 bits per heavy atom. The summed E-state index contributed by atoms with van der Waals surface area (Å²) in [5.41, 5.74) is 6.79. The summed E-state index contributed by atoms with van der Waals surface area (Å²) in [7, 11) is 0. The molecule has 5 heteroatoms. The molecule has 0 amide bonds. The molecule has 1 atom stereocenters. The Balaban J connectivity index is 1.40. The second-order valence-corrected chi connectivity index (χ2v) is 6.15. The van der Waals surface area contributed by atoms with Crippen LogP contribution >= 0.6 is 0 Å². The number of unbranched alkanes of at least 4 members (excludes halogenated alkanes) is 1. The van der Waals surface area contributed by atoms with Crippen LogP contribution in [0.2, 0.25) is 0 Å². The Hall–Kier alpha value is -1.72. The molecule has 1 saturated heterocycles. The van der Waals surface area contributed by atoms with E-state index in [9.17, 15) is 0 Å². The molecule has 2 N–H and O–H groups in total. The van der Waals surface area contributed by atoms with Gasteiger partial charge in [-0.15, -0.1) is 0 Å². The summed E-state index contributed by atoms with van der Waals surface area (Å²) >= 11 is 0. The minimum absolute atomic E-state index is 0.199. The normalized spacial score (nSPS) is 21.7. The van der Waals surface area contributed by atoms with Crippen LogP contribution in [0.25, 0.3) is 0 Å². The Bertz CT molecular complexity index is 498. The zero-order chi connectivity index (χ0) is 15.9. The van der Waals surface area contributed by atoms with E-state index < -0.39 is 0 Å². The predicted molar refractivity (Wildman–Crippen MR) is 90.5 cm³/mol. The maximum Gasteiger partial charge on any atom is 0.246 e. The van der Waals surface area contributed by atoms with Crippen LogP contribution in [0.4, 0.5) is 0 Å². The highest BCUT2D eigenvalue weighted by Crippen LogP contribution is 2.22. The fourth-order valence-electron chi connectivity index (χ4n) is 3.04. The maximum absolute atomic E-state index is 5.97. The van der Waals surface area contributed by atoms with Gasteiger partial charge in [-0.1, -0.05) is 30.3 Å². The second kappa shape index (κ2) is 8.22. The highest BCUT2D eigenvalue weighted by atomic mass is 16.7. The molecular formula is C18H27N3O2.